The summed E-state index contributed by atoms with van der Waals surface area (Å²) in [6.07, 6.45) is -8.68. The normalized spacial score (nSPS) is 11.8. The summed E-state index contributed by atoms with van der Waals surface area (Å²) in [6, 6.07) is 0.243. The molecule has 1 rings (SSSR count). The molecule has 0 saturated heterocycles. The standard InChI is InChI=1S/C10H7F6NO2/c1-2-19-9(18)4-3-5(8(12)13)17-7(6(4)11)10(14,15)16/h3,8H,2H2,1H3. The number of alkyl halides is 5. The number of pyridine rings is 1. The van der Waals surface area contributed by atoms with Crippen LogP contribution in [0.5, 0.6) is 0 Å². The van der Waals surface area contributed by atoms with Crippen molar-refractivity contribution in [1.29, 1.82) is 0 Å². The fourth-order valence-corrected chi connectivity index (χ4v) is 1.21. The Morgan fingerprint density at radius 1 is 1.42 bits per heavy atom. The van der Waals surface area contributed by atoms with Crippen LogP contribution in [0.4, 0.5) is 26.3 Å². The molecule has 1 heterocycles. The van der Waals surface area contributed by atoms with Gasteiger partial charge in [0, 0.05) is 0 Å². The molecule has 0 atom stereocenters. The molecule has 1 aromatic rings. The van der Waals surface area contributed by atoms with E-state index < -0.39 is 41.3 Å². The van der Waals surface area contributed by atoms with Crippen molar-refractivity contribution in [1.82, 2.24) is 4.98 Å². The molecule has 0 N–H and O–H groups in total. The maximum Gasteiger partial charge on any atom is 0.436 e. The predicted molar refractivity (Wildman–Crippen MR) is 50.1 cm³/mol. The number of halogens is 6. The summed E-state index contributed by atoms with van der Waals surface area (Å²) in [5.41, 5.74) is -4.75. The number of carbonyl (C=O) groups is 1. The number of ether oxygens (including phenoxy) is 1. The molecule has 0 fully saturated rings. The van der Waals surface area contributed by atoms with Gasteiger partial charge in [-0.15, -0.1) is 0 Å². The van der Waals surface area contributed by atoms with E-state index in [2.05, 4.69) is 9.72 Å². The van der Waals surface area contributed by atoms with Gasteiger partial charge in [0.05, 0.1) is 12.2 Å². The third kappa shape index (κ3) is 3.36. The van der Waals surface area contributed by atoms with Gasteiger partial charge in [-0.05, 0) is 13.0 Å². The lowest BCUT2D eigenvalue weighted by atomic mass is 10.1. The van der Waals surface area contributed by atoms with Gasteiger partial charge in [-0.25, -0.2) is 22.9 Å². The number of hydrogen-bond donors (Lipinski definition) is 0. The Balaban J connectivity index is 3.46. The summed E-state index contributed by atoms with van der Waals surface area (Å²) < 4.78 is 79.8. The second kappa shape index (κ2) is 5.45. The van der Waals surface area contributed by atoms with Crippen molar-refractivity contribution in [2.75, 3.05) is 6.61 Å². The number of nitrogens with zero attached hydrogens (tertiary/aromatic N) is 1. The number of rotatable bonds is 3. The lowest BCUT2D eigenvalue weighted by molar-refractivity contribution is -0.144. The smallest absolute Gasteiger partial charge is 0.436 e. The summed E-state index contributed by atoms with van der Waals surface area (Å²) >= 11 is 0. The molecule has 0 unspecified atom stereocenters. The van der Waals surface area contributed by atoms with Gasteiger partial charge in [-0.2, -0.15) is 13.2 Å². The van der Waals surface area contributed by atoms with Crippen LogP contribution < -0.4 is 0 Å². The first-order valence-electron chi connectivity index (χ1n) is 4.91. The van der Waals surface area contributed by atoms with E-state index >= 15 is 0 Å². The number of esters is 1. The van der Waals surface area contributed by atoms with Crippen LogP contribution in [0.1, 0.15) is 35.1 Å². The Morgan fingerprint density at radius 3 is 2.42 bits per heavy atom. The molecule has 3 nitrogen and oxygen atoms in total. The molecule has 19 heavy (non-hydrogen) atoms. The van der Waals surface area contributed by atoms with Crippen molar-refractivity contribution in [2.45, 2.75) is 19.5 Å². The molecule has 106 valence electrons. The molecule has 0 aromatic carbocycles. The van der Waals surface area contributed by atoms with E-state index in [1.165, 1.54) is 6.92 Å². The van der Waals surface area contributed by atoms with Crippen molar-refractivity contribution in [2.24, 2.45) is 0 Å². The number of carbonyl (C=O) groups excluding carboxylic acids is 1. The average Bonchev–Trinajstić information content (AvgIpc) is 2.27. The average molecular weight is 287 g/mol. The van der Waals surface area contributed by atoms with E-state index in [1.807, 2.05) is 0 Å². The molecule has 0 aliphatic heterocycles. The van der Waals surface area contributed by atoms with Crippen molar-refractivity contribution >= 4 is 5.97 Å². The van der Waals surface area contributed by atoms with Crippen LogP contribution in [-0.2, 0) is 10.9 Å². The van der Waals surface area contributed by atoms with Crippen molar-refractivity contribution in [3.8, 4) is 0 Å². The highest BCUT2D eigenvalue weighted by atomic mass is 19.4. The van der Waals surface area contributed by atoms with Crippen molar-refractivity contribution < 1.29 is 35.9 Å². The van der Waals surface area contributed by atoms with Crippen LogP contribution in [0.15, 0.2) is 6.07 Å². The van der Waals surface area contributed by atoms with E-state index in [1.54, 1.807) is 0 Å². The zero-order valence-corrected chi connectivity index (χ0v) is 9.39. The van der Waals surface area contributed by atoms with E-state index in [0.29, 0.717) is 0 Å². The first-order chi connectivity index (χ1) is 8.68. The third-order valence-electron chi connectivity index (χ3n) is 1.96. The van der Waals surface area contributed by atoms with Gasteiger partial charge in [0.25, 0.3) is 6.43 Å². The summed E-state index contributed by atoms with van der Waals surface area (Å²) in [5.74, 6) is -3.50. The zero-order chi connectivity index (χ0) is 14.8. The molecule has 0 radical (unpaired) electrons. The first-order valence-corrected chi connectivity index (χ1v) is 4.91. The molecule has 0 bridgehead atoms. The minimum absolute atomic E-state index is 0.243. The fraction of sp³-hybridized carbons (Fsp3) is 0.400. The maximum absolute atomic E-state index is 13.5. The minimum Gasteiger partial charge on any atom is -0.462 e. The molecule has 0 aliphatic rings. The molecule has 0 amide bonds. The second-order valence-corrected chi connectivity index (χ2v) is 3.28. The quantitative estimate of drug-likeness (QED) is 0.632. The largest absolute Gasteiger partial charge is 0.462 e. The number of hydrogen-bond acceptors (Lipinski definition) is 3. The highest BCUT2D eigenvalue weighted by Gasteiger charge is 2.39. The molecular formula is C10H7F6NO2. The maximum atomic E-state index is 13.5. The molecule has 0 spiro atoms. The topological polar surface area (TPSA) is 39.2 Å². The van der Waals surface area contributed by atoms with Gasteiger partial charge in [0.15, 0.2) is 11.5 Å². The highest BCUT2D eigenvalue weighted by molar-refractivity contribution is 5.90. The Labute approximate surface area is 103 Å². The minimum atomic E-state index is -5.30. The zero-order valence-electron chi connectivity index (χ0n) is 9.39. The van der Waals surface area contributed by atoms with Crippen LogP contribution in [0.2, 0.25) is 0 Å². The van der Waals surface area contributed by atoms with Gasteiger partial charge >= 0.3 is 12.1 Å². The predicted octanol–water partition coefficient (Wildman–Crippen LogP) is 3.35. The summed E-state index contributed by atoms with van der Waals surface area (Å²) in [4.78, 5) is 13.7. The SMILES string of the molecule is CCOC(=O)c1cc(C(F)F)nc(C(F)(F)F)c1F. The Hall–Kier alpha value is -1.80. The van der Waals surface area contributed by atoms with Crippen LogP contribution in [-0.4, -0.2) is 17.6 Å². The van der Waals surface area contributed by atoms with Gasteiger partial charge in [-0.1, -0.05) is 0 Å². The molecule has 0 saturated carbocycles. The Bertz CT molecular complexity index is 486. The third-order valence-corrected chi connectivity index (χ3v) is 1.96. The Morgan fingerprint density at radius 2 is 2.00 bits per heavy atom. The van der Waals surface area contributed by atoms with Crippen LogP contribution in [0.3, 0.4) is 0 Å². The molecular weight excluding hydrogens is 280 g/mol. The summed E-state index contributed by atoms with van der Waals surface area (Å²) in [7, 11) is 0. The van der Waals surface area contributed by atoms with Crippen LogP contribution in [0, 0.1) is 5.82 Å². The lowest BCUT2D eigenvalue weighted by Crippen LogP contribution is -2.18. The van der Waals surface area contributed by atoms with Crippen molar-refractivity contribution in [3.05, 3.63) is 28.8 Å². The Kier molecular flexibility index (Phi) is 4.38. The lowest BCUT2D eigenvalue weighted by Gasteiger charge is -2.12. The van der Waals surface area contributed by atoms with Gasteiger partial charge < -0.3 is 4.74 Å². The summed E-state index contributed by atoms with van der Waals surface area (Å²) in [5, 5.41) is 0. The van der Waals surface area contributed by atoms with E-state index in [-0.39, 0.29) is 12.7 Å². The fourth-order valence-electron chi connectivity index (χ4n) is 1.21. The van der Waals surface area contributed by atoms with Gasteiger partial charge in [0.1, 0.15) is 5.69 Å². The van der Waals surface area contributed by atoms with E-state index in [9.17, 15) is 31.1 Å². The van der Waals surface area contributed by atoms with Crippen LogP contribution in [0.25, 0.3) is 0 Å². The van der Waals surface area contributed by atoms with Gasteiger partial charge in [0.2, 0.25) is 0 Å². The molecule has 9 heteroatoms. The summed E-state index contributed by atoms with van der Waals surface area (Å²) in [6.45, 7) is 1.08. The molecule has 1 aromatic heterocycles. The second-order valence-electron chi connectivity index (χ2n) is 3.28. The highest BCUT2D eigenvalue weighted by Crippen LogP contribution is 2.33. The molecule has 0 aliphatic carbocycles. The number of aromatic nitrogens is 1. The van der Waals surface area contributed by atoms with Gasteiger partial charge in [-0.3, -0.25) is 0 Å². The monoisotopic (exact) mass is 287 g/mol. The van der Waals surface area contributed by atoms with E-state index in [0.717, 1.165) is 0 Å². The van der Waals surface area contributed by atoms with Crippen molar-refractivity contribution in [3.63, 3.8) is 0 Å². The first kappa shape index (κ1) is 15.3. The van der Waals surface area contributed by atoms with E-state index in [4.69, 9.17) is 0 Å². The van der Waals surface area contributed by atoms with Crippen LogP contribution >= 0.6 is 0 Å².